The van der Waals surface area contributed by atoms with Crippen molar-refractivity contribution >= 4 is 5.91 Å². The van der Waals surface area contributed by atoms with Crippen molar-refractivity contribution in [2.24, 2.45) is 5.92 Å². The molecule has 2 aromatic rings. The van der Waals surface area contributed by atoms with Gasteiger partial charge in [0.1, 0.15) is 5.76 Å². The van der Waals surface area contributed by atoms with Crippen LogP contribution >= 0.6 is 0 Å². The maximum Gasteiger partial charge on any atom is 0.233 e. The Balaban J connectivity index is 1.99. The van der Waals surface area contributed by atoms with Crippen molar-refractivity contribution in [1.82, 2.24) is 10.1 Å². The van der Waals surface area contributed by atoms with Crippen molar-refractivity contribution in [1.29, 1.82) is 0 Å². The monoisotopic (exact) mass is 310 g/mol. The van der Waals surface area contributed by atoms with Crippen LogP contribution in [0, 0.1) is 5.92 Å². The molecule has 0 radical (unpaired) electrons. The van der Waals surface area contributed by atoms with E-state index in [-0.39, 0.29) is 17.2 Å². The van der Waals surface area contributed by atoms with Gasteiger partial charge in [-0.2, -0.15) is 0 Å². The Morgan fingerprint density at radius 1 is 1.26 bits per heavy atom. The Hall–Kier alpha value is -2.10. The van der Waals surface area contributed by atoms with E-state index in [1.54, 1.807) is 6.20 Å². The van der Waals surface area contributed by atoms with Crippen molar-refractivity contribution in [3.8, 4) is 0 Å². The third-order valence-electron chi connectivity index (χ3n) is 5.94. The molecule has 1 unspecified atom stereocenters. The summed E-state index contributed by atoms with van der Waals surface area (Å²) >= 11 is 0. The summed E-state index contributed by atoms with van der Waals surface area (Å²) in [6.45, 7) is 5.18. The smallest absolute Gasteiger partial charge is 0.233 e. The second-order valence-electron chi connectivity index (χ2n) is 7.48. The van der Waals surface area contributed by atoms with E-state index in [0.717, 1.165) is 29.9 Å². The summed E-state index contributed by atoms with van der Waals surface area (Å²) in [6, 6.07) is 10.3. The maximum absolute atomic E-state index is 13.4. The number of nitrogens with zero attached hydrogens (tertiary/aromatic N) is 2. The molecule has 1 aliphatic carbocycles. The van der Waals surface area contributed by atoms with E-state index < -0.39 is 5.41 Å². The summed E-state index contributed by atoms with van der Waals surface area (Å²) in [6.07, 6.45) is 3.44. The summed E-state index contributed by atoms with van der Waals surface area (Å²) < 4.78 is 5.59. The number of aromatic nitrogens is 1. The minimum absolute atomic E-state index is 0.210. The Morgan fingerprint density at radius 2 is 2.00 bits per heavy atom. The largest absolute Gasteiger partial charge is 0.361 e. The first-order valence-corrected chi connectivity index (χ1v) is 8.23. The highest BCUT2D eigenvalue weighted by Crippen LogP contribution is 2.55. The second-order valence-corrected chi connectivity index (χ2v) is 7.48. The molecule has 0 spiro atoms. The van der Waals surface area contributed by atoms with Crippen LogP contribution in [0.4, 0.5) is 0 Å². The number of rotatable bonds is 1. The third-order valence-corrected chi connectivity index (χ3v) is 5.94. The van der Waals surface area contributed by atoms with E-state index in [2.05, 4.69) is 31.1 Å². The number of hydrogen-bond donors (Lipinski definition) is 0. The molecule has 0 saturated carbocycles. The van der Waals surface area contributed by atoms with Crippen LogP contribution in [0.2, 0.25) is 0 Å². The summed E-state index contributed by atoms with van der Waals surface area (Å²) in [5.74, 6) is 1.38. The van der Waals surface area contributed by atoms with Crippen molar-refractivity contribution in [3.63, 3.8) is 0 Å². The summed E-state index contributed by atoms with van der Waals surface area (Å²) in [5, 5.41) is 4.03. The van der Waals surface area contributed by atoms with Gasteiger partial charge in [-0.1, -0.05) is 49.3 Å². The highest BCUT2D eigenvalue weighted by molar-refractivity contribution is 5.90. The highest BCUT2D eigenvalue weighted by atomic mass is 16.5. The van der Waals surface area contributed by atoms with Gasteiger partial charge in [-0.25, -0.2) is 0 Å². The predicted octanol–water partition coefficient (Wildman–Crippen LogP) is 2.92. The number of likely N-dealkylation sites (N-methyl/N-ethyl adjacent to an activating group) is 1. The molecule has 1 aromatic carbocycles. The fourth-order valence-corrected chi connectivity index (χ4v) is 4.87. The van der Waals surface area contributed by atoms with E-state index in [4.69, 9.17) is 4.52 Å². The van der Waals surface area contributed by atoms with Gasteiger partial charge in [-0.3, -0.25) is 4.79 Å². The molecule has 2 aliphatic rings. The number of carbonyl (C=O) groups excluding carboxylic acids is 1. The van der Waals surface area contributed by atoms with E-state index in [1.807, 2.05) is 30.1 Å². The first-order chi connectivity index (χ1) is 11.0. The van der Waals surface area contributed by atoms with Crippen LogP contribution in [0.1, 0.15) is 37.2 Å². The minimum atomic E-state index is -0.518. The minimum Gasteiger partial charge on any atom is -0.361 e. The standard InChI is InChI=1S/C19H22N2O2/c1-18(2)15-9-10-21(3)17(22)19(15,14-7-5-4-6-8-14)11-13-12-20-23-16(13)18/h4-8,12,15H,9-11H2,1-3H3/t15-,19?/m0/s1. The molecule has 4 heteroatoms. The highest BCUT2D eigenvalue weighted by Gasteiger charge is 2.60. The van der Waals surface area contributed by atoms with Gasteiger partial charge in [-0.05, 0) is 24.3 Å². The van der Waals surface area contributed by atoms with Crippen LogP contribution in [0.3, 0.4) is 0 Å². The molecule has 1 saturated heterocycles. The molecule has 1 aromatic heterocycles. The lowest BCUT2D eigenvalue weighted by atomic mass is 9.51. The molecule has 0 N–H and O–H groups in total. The molecular weight excluding hydrogens is 288 g/mol. The Labute approximate surface area is 136 Å². The van der Waals surface area contributed by atoms with Crippen LogP contribution in [-0.4, -0.2) is 29.6 Å². The van der Waals surface area contributed by atoms with E-state index >= 15 is 0 Å². The van der Waals surface area contributed by atoms with Gasteiger partial charge in [-0.15, -0.1) is 0 Å². The number of likely N-dealkylation sites (tertiary alicyclic amines) is 1. The molecule has 1 aliphatic heterocycles. The van der Waals surface area contributed by atoms with Gasteiger partial charge >= 0.3 is 0 Å². The fourth-order valence-electron chi connectivity index (χ4n) is 4.87. The Bertz CT molecular complexity index is 750. The predicted molar refractivity (Wildman–Crippen MR) is 87.1 cm³/mol. The number of fused-ring (bicyclic) bond motifs is 2. The molecule has 1 fully saturated rings. The molecule has 0 bridgehead atoms. The molecule has 23 heavy (non-hydrogen) atoms. The first-order valence-electron chi connectivity index (χ1n) is 8.23. The third kappa shape index (κ3) is 1.78. The molecule has 4 nitrogen and oxygen atoms in total. The SMILES string of the molecule is CN1CC[C@H]2C(C)(C)c3oncc3CC2(c2ccccc2)C1=O. The van der Waals surface area contributed by atoms with Gasteiger partial charge < -0.3 is 9.42 Å². The second kappa shape index (κ2) is 4.70. The molecule has 2 heterocycles. The zero-order valence-corrected chi connectivity index (χ0v) is 13.9. The molecule has 2 atom stereocenters. The summed E-state index contributed by atoms with van der Waals surface area (Å²) in [4.78, 5) is 15.3. The Morgan fingerprint density at radius 3 is 2.74 bits per heavy atom. The maximum atomic E-state index is 13.4. The lowest BCUT2D eigenvalue weighted by molar-refractivity contribution is -0.145. The lowest BCUT2D eigenvalue weighted by Crippen LogP contribution is -2.62. The van der Waals surface area contributed by atoms with Crippen molar-refractivity contribution in [3.05, 3.63) is 53.4 Å². The Kier molecular flexibility index (Phi) is 2.96. The molecule has 1 amide bonds. The van der Waals surface area contributed by atoms with Crippen LogP contribution < -0.4 is 0 Å². The van der Waals surface area contributed by atoms with Gasteiger partial charge in [0.2, 0.25) is 5.91 Å². The van der Waals surface area contributed by atoms with E-state index in [9.17, 15) is 4.79 Å². The number of carbonyl (C=O) groups is 1. The topological polar surface area (TPSA) is 46.3 Å². The lowest BCUT2D eigenvalue weighted by Gasteiger charge is -2.54. The van der Waals surface area contributed by atoms with Gasteiger partial charge in [0.05, 0.1) is 11.6 Å². The number of piperidine rings is 1. The van der Waals surface area contributed by atoms with Crippen LogP contribution in [-0.2, 0) is 22.0 Å². The van der Waals surface area contributed by atoms with E-state index in [1.165, 1.54) is 0 Å². The first kappa shape index (κ1) is 14.5. The van der Waals surface area contributed by atoms with Gasteiger partial charge in [0.15, 0.2) is 0 Å². The van der Waals surface area contributed by atoms with Crippen LogP contribution in [0.15, 0.2) is 41.1 Å². The van der Waals surface area contributed by atoms with Crippen LogP contribution in [0.5, 0.6) is 0 Å². The van der Waals surface area contributed by atoms with Crippen molar-refractivity contribution in [2.75, 3.05) is 13.6 Å². The molecule has 4 rings (SSSR count). The van der Waals surface area contributed by atoms with E-state index in [0.29, 0.717) is 6.42 Å². The summed E-state index contributed by atoms with van der Waals surface area (Å²) in [5.41, 5.74) is 1.45. The van der Waals surface area contributed by atoms with Gasteiger partial charge in [0, 0.05) is 24.6 Å². The number of hydrogen-bond acceptors (Lipinski definition) is 3. The zero-order valence-electron chi connectivity index (χ0n) is 13.9. The van der Waals surface area contributed by atoms with Crippen LogP contribution in [0.25, 0.3) is 0 Å². The normalized spacial score (nSPS) is 29.1. The fraction of sp³-hybridized carbons (Fsp3) is 0.474. The molecule has 120 valence electrons. The van der Waals surface area contributed by atoms with Crippen molar-refractivity contribution in [2.45, 2.75) is 37.5 Å². The quantitative estimate of drug-likeness (QED) is 0.813. The van der Waals surface area contributed by atoms with Crippen molar-refractivity contribution < 1.29 is 9.32 Å². The number of amides is 1. The van der Waals surface area contributed by atoms with Gasteiger partial charge in [0.25, 0.3) is 0 Å². The zero-order chi connectivity index (χ0) is 16.2. The molecular formula is C19H22N2O2. The average Bonchev–Trinajstić information content (AvgIpc) is 3.01. The average molecular weight is 310 g/mol. The number of benzene rings is 1. The summed E-state index contributed by atoms with van der Waals surface area (Å²) in [7, 11) is 1.92.